The van der Waals surface area contributed by atoms with Crippen molar-refractivity contribution in [2.24, 2.45) is 11.3 Å². The molecule has 1 fully saturated rings. The normalized spacial score (nSPS) is 36.1. The number of carbonyl (C=O) groups excluding carboxylic acids is 1. The Morgan fingerprint density at radius 3 is 2.75 bits per heavy atom. The molecule has 70 valence electrons. The van der Waals surface area contributed by atoms with Crippen molar-refractivity contribution in [3.8, 4) is 0 Å². The van der Waals surface area contributed by atoms with Crippen molar-refractivity contribution in [2.45, 2.75) is 39.5 Å². The van der Waals surface area contributed by atoms with Crippen molar-refractivity contribution < 1.29 is 9.53 Å². The Kier molecular flexibility index (Phi) is 2.76. The van der Waals surface area contributed by atoms with Crippen molar-refractivity contribution in [2.75, 3.05) is 7.11 Å². The first-order chi connectivity index (χ1) is 5.58. The minimum absolute atomic E-state index is 0.0333. The third kappa shape index (κ3) is 1.79. The molecule has 0 aliphatic heterocycles. The van der Waals surface area contributed by atoms with Gasteiger partial charge in [-0.15, -0.1) is 0 Å². The van der Waals surface area contributed by atoms with E-state index in [4.69, 9.17) is 4.74 Å². The molecule has 1 saturated carbocycles. The van der Waals surface area contributed by atoms with Crippen LogP contribution in [-0.4, -0.2) is 13.1 Å². The Morgan fingerprint density at radius 2 is 2.25 bits per heavy atom. The highest BCUT2D eigenvalue weighted by atomic mass is 16.5. The molecule has 1 unspecified atom stereocenters. The molecule has 0 aromatic rings. The number of rotatable bonds is 1. The molecule has 12 heavy (non-hydrogen) atoms. The predicted octanol–water partition coefficient (Wildman–Crippen LogP) is 2.38. The van der Waals surface area contributed by atoms with Gasteiger partial charge in [-0.2, -0.15) is 0 Å². The van der Waals surface area contributed by atoms with Crippen molar-refractivity contribution in [1.29, 1.82) is 0 Å². The molecule has 0 heterocycles. The minimum atomic E-state index is -0.202. The van der Waals surface area contributed by atoms with Crippen molar-refractivity contribution in [3.63, 3.8) is 0 Å². The van der Waals surface area contributed by atoms with Crippen LogP contribution in [0.25, 0.3) is 0 Å². The van der Waals surface area contributed by atoms with E-state index in [1.165, 1.54) is 13.5 Å². The second-order valence-electron chi connectivity index (χ2n) is 4.25. The second-order valence-corrected chi connectivity index (χ2v) is 4.25. The number of ether oxygens (including phenoxy) is 1. The van der Waals surface area contributed by atoms with Gasteiger partial charge in [0, 0.05) is 0 Å². The first kappa shape index (κ1) is 9.56. The van der Waals surface area contributed by atoms with Crippen LogP contribution >= 0.6 is 0 Å². The van der Waals surface area contributed by atoms with E-state index in [2.05, 4.69) is 6.92 Å². The standard InChI is InChI=1S/C10H18O2/c1-8-5-4-6-10(2,7-8)9(11)12-3/h8H,4-7H2,1-3H3/t8?,10-/m0/s1. The highest BCUT2D eigenvalue weighted by molar-refractivity contribution is 5.76. The molecular formula is C10H18O2. The van der Waals surface area contributed by atoms with Crippen LogP contribution in [0.3, 0.4) is 0 Å². The number of hydrogen-bond donors (Lipinski definition) is 0. The average molecular weight is 170 g/mol. The van der Waals surface area contributed by atoms with Gasteiger partial charge in [-0.25, -0.2) is 0 Å². The molecule has 0 aromatic heterocycles. The van der Waals surface area contributed by atoms with E-state index in [9.17, 15) is 4.79 Å². The third-order valence-corrected chi connectivity index (χ3v) is 2.90. The summed E-state index contributed by atoms with van der Waals surface area (Å²) in [5, 5.41) is 0. The smallest absolute Gasteiger partial charge is 0.311 e. The maximum absolute atomic E-state index is 11.4. The first-order valence-corrected chi connectivity index (χ1v) is 4.67. The Bertz CT molecular complexity index is 177. The minimum Gasteiger partial charge on any atom is -0.469 e. The Morgan fingerprint density at radius 1 is 1.58 bits per heavy atom. The quantitative estimate of drug-likeness (QED) is 0.565. The zero-order valence-electron chi connectivity index (χ0n) is 8.22. The van der Waals surface area contributed by atoms with E-state index in [-0.39, 0.29) is 11.4 Å². The first-order valence-electron chi connectivity index (χ1n) is 4.67. The summed E-state index contributed by atoms with van der Waals surface area (Å²) in [4.78, 5) is 11.4. The maximum atomic E-state index is 11.4. The van der Waals surface area contributed by atoms with Crippen LogP contribution in [0.4, 0.5) is 0 Å². The Labute approximate surface area is 74.3 Å². The van der Waals surface area contributed by atoms with Crippen LogP contribution in [0.5, 0.6) is 0 Å². The summed E-state index contributed by atoms with van der Waals surface area (Å²) >= 11 is 0. The number of methoxy groups -OCH3 is 1. The van der Waals surface area contributed by atoms with Gasteiger partial charge in [-0.05, 0) is 25.7 Å². The van der Waals surface area contributed by atoms with Gasteiger partial charge in [0.2, 0.25) is 0 Å². The summed E-state index contributed by atoms with van der Waals surface area (Å²) < 4.78 is 4.80. The zero-order chi connectivity index (χ0) is 9.19. The summed E-state index contributed by atoms with van der Waals surface area (Å²) in [6.07, 6.45) is 4.39. The predicted molar refractivity (Wildman–Crippen MR) is 47.8 cm³/mol. The van der Waals surface area contributed by atoms with E-state index in [0.717, 1.165) is 19.3 Å². The van der Waals surface area contributed by atoms with Gasteiger partial charge < -0.3 is 4.74 Å². The highest BCUT2D eigenvalue weighted by Crippen LogP contribution is 2.39. The summed E-state index contributed by atoms with van der Waals surface area (Å²) in [5.41, 5.74) is -0.202. The molecule has 1 rings (SSSR count). The van der Waals surface area contributed by atoms with Gasteiger partial charge >= 0.3 is 5.97 Å². The Hall–Kier alpha value is -0.530. The molecule has 2 nitrogen and oxygen atoms in total. The summed E-state index contributed by atoms with van der Waals surface area (Å²) in [5.74, 6) is 0.636. The number of hydrogen-bond acceptors (Lipinski definition) is 2. The van der Waals surface area contributed by atoms with E-state index < -0.39 is 0 Å². The molecule has 0 aromatic carbocycles. The Balaban J connectivity index is 2.63. The van der Waals surface area contributed by atoms with Gasteiger partial charge in [0.25, 0.3) is 0 Å². The van der Waals surface area contributed by atoms with E-state index in [1.807, 2.05) is 6.92 Å². The van der Waals surface area contributed by atoms with E-state index in [0.29, 0.717) is 5.92 Å². The van der Waals surface area contributed by atoms with E-state index in [1.54, 1.807) is 0 Å². The third-order valence-electron chi connectivity index (χ3n) is 2.90. The lowest BCUT2D eigenvalue weighted by atomic mass is 9.71. The lowest BCUT2D eigenvalue weighted by molar-refractivity contribution is -0.154. The SMILES string of the molecule is COC(=O)[C@@]1(C)CCCC(C)C1. The molecule has 0 saturated heterocycles. The largest absolute Gasteiger partial charge is 0.469 e. The molecule has 2 heteroatoms. The fraction of sp³-hybridized carbons (Fsp3) is 0.900. The molecule has 0 spiro atoms. The molecule has 0 bridgehead atoms. The molecule has 0 N–H and O–H groups in total. The van der Waals surface area contributed by atoms with E-state index >= 15 is 0 Å². The van der Waals surface area contributed by atoms with Crippen LogP contribution in [0, 0.1) is 11.3 Å². The van der Waals surface area contributed by atoms with Crippen LogP contribution in [0.1, 0.15) is 39.5 Å². The molecular weight excluding hydrogens is 152 g/mol. The summed E-state index contributed by atoms with van der Waals surface area (Å²) in [6, 6.07) is 0. The fourth-order valence-corrected chi connectivity index (χ4v) is 2.25. The number of esters is 1. The van der Waals surface area contributed by atoms with Crippen molar-refractivity contribution >= 4 is 5.97 Å². The maximum Gasteiger partial charge on any atom is 0.311 e. The van der Waals surface area contributed by atoms with Crippen LogP contribution < -0.4 is 0 Å². The van der Waals surface area contributed by atoms with Gasteiger partial charge in [0.05, 0.1) is 12.5 Å². The summed E-state index contributed by atoms with van der Waals surface area (Å²) in [7, 11) is 1.48. The van der Waals surface area contributed by atoms with Crippen molar-refractivity contribution in [1.82, 2.24) is 0 Å². The molecule has 2 atom stereocenters. The van der Waals surface area contributed by atoms with Gasteiger partial charge in [-0.1, -0.05) is 19.8 Å². The summed E-state index contributed by atoms with van der Waals surface area (Å²) in [6.45, 7) is 4.23. The highest BCUT2D eigenvalue weighted by Gasteiger charge is 2.37. The molecule has 1 aliphatic carbocycles. The average Bonchev–Trinajstić information content (AvgIpc) is 2.02. The van der Waals surface area contributed by atoms with Crippen LogP contribution in [0.15, 0.2) is 0 Å². The van der Waals surface area contributed by atoms with Crippen LogP contribution in [-0.2, 0) is 9.53 Å². The van der Waals surface area contributed by atoms with Gasteiger partial charge in [0.15, 0.2) is 0 Å². The monoisotopic (exact) mass is 170 g/mol. The topological polar surface area (TPSA) is 26.3 Å². The van der Waals surface area contributed by atoms with Gasteiger partial charge in [-0.3, -0.25) is 4.79 Å². The fourth-order valence-electron chi connectivity index (χ4n) is 2.25. The lowest BCUT2D eigenvalue weighted by Crippen LogP contribution is -2.33. The van der Waals surface area contributed by atoms with Crippen LogP contribution in [0.2, 0.25) is 0 Å². The number of carbonyl (C=O) groups is 1. The second kappa shape index (κ2) is 3.46. The molecule has 0 radical (unpaired) electrons. The van der Waals surface area contributed by atoms with Crippen molar-refractivity contribution in [3.05, 3.63) is 0 Å². The molecule has 0 amide bonds. The lowest BCUT2D eigenvalue weighted by Gasteiger charge is -2.34. The zero-order valence-corrected chi connectivity index (χ0v) is 8.22. The molecule has 1 aliphatic rings. The van der Waals surface area contributed by atoms with Gasteiger partial charge in [0.1, 0.15) is 0 Å².